The average molecular weight is 351 g/mol. The van der Waals surface area contributed by atoms with Crippen molar-refractivity contribution in [3.05, 3.63) is 53.9 Å². The predicted molar refractivity (Wildman–Crippen MR) is 103 cm³/mol. The second-order valence-electron chi connectivity index (χ2n) is 6.85. The number of nitrogens with zero attached hydrogens (tertiary/aromatic N) is 1. The molecule has 136 valence electrons. The van der Waals surface area contributed by atoms with Gasteiger partial charge in [-0.25, -0.2) is 0 Å². The van der Waals surface area contributed by atoms with Crippen LogP contribution in [-0.2, 0) is 0 Å². The molecular formula is C21H25N3O2. The molecule has 5 heteroatoms. The summed E-state index contributed by atoms with van der Waals surface area (Å²) in [5.41, 5.74) is 2.74. The molecule has 0 atom stereocenters. The number of carbonyl (C=O) groups excluding carboxylic acids is 2. The lowest BCUT2D eigenvalue weighted by atomic mass is 10.1. The van der Waals surface area contributed by atoms with Gasteiger partial charge in [0, 0.05) is 29.2 Å². The van der Waals surface area contributed by atoms with E-state index >= 15 is 0 Å². The lowest BCUT2D eigenvalue weighted by Gasteiger charge is -2.16. The molecule has 0 aliphatic heterocycles. The van der Waals surface area contributed by atoms with E-state index in [4.69, 9.17) is 0 Å². The second kappa shape index (κ2) is 8.61. The van der Waals surface area contributed by atoms with Crippen LogP contribution in [0.4, 0.5) is 11.4 Å². The van der Waals surface area contributed by atoms with E-state index in [1.54, 1.807) is 31.3 Å². The molecule has 1 aromatic carbocycles. The van der Waals surface area contributed by atoms with Crippen LogP contribution in [-0.4, -0.2) is 22.7 Å². The maximum atomic E-state index is 12.5. The molecule has 1 aliphatic carbocycles. The van der Waals surface area contributed by atoms with Gasteiger partial charge in [0.1, 0.15) is 5.69 Å². The minimum Gasteiger partial charge on any atom is -0.355 e. The average Bonchev–Trinajstić information content (AvgIpc) is 2.91. The molecule has 2 aromatic rings. The Morgan fingerprint density at radius 2 is 1.65 bits per heavy atom. The molecule has 1 aliphatic rings. The normalized spacial score (nSPS) is 15.1. The van der Waals surface area contributed by atoms with Crippen LogP contribution in [0.1, 0.15) is 66.3 Å². The minimum atomic E-state index is -0.118. The number of ketones is 1. The molecule has 26 heavy (non-hydrogen) atoms. The first-order valence-electron chi connectivity index (χ1n) is 9.27. The van der Waals surface area contributed by atoms with Crippen molar-refractivity contribution in [3.8, 4) is 0 Å². The van der Waals surface area contributed by atoms with Gasteiger partial charge in [-0.15, -0.1) is 0 Å². The largest absolute Gasteiger partial charge is 0.355 e. The number of aromatic nitrogens is 1. The Labute approximate surface area is 154 Å². The van der Waals surface area contributed by atoms with Gasteiger partial charge in [0.2, 0.25) is 0 Å². The van der Waals surface area contributed by atoms with Crippen LogP contribution < -0.4 is 10.6 Å². The number of benzene rings is 1. The molecular weight excluding hydrogens is 326 g/mol. The van der Waals surface area contributed by atoms with Gasteiger partial charge in [0.05, 0.1) is 0 Å². The Balaban J connectivity index is 1.65. The third-order valence-electron chi connectivity index (χ3n) is 4.76. The van der Waals surface area contributed by atoms with Crippen molar-refractivity contribution in [2.24, 2.45) is 0 Å². The summed E-state index contributed by atoms with van der Waals surface area (Å²) in [6.07, 6.45) is 8.60. The zero-order valence-corrected chi connectivity index (χ0v) is 15.1. The van der Waals surface area contributed by atoms with Crippen molar-refractivity contribution < 1.29 is 9.59 Å². The quantitative estimate of drug-likeness (QED) is 0.615. The number of carbonyl (C=O) groups is 2. The zero-order valence-electron chi connectivity index (χ0n) is 15.1. The number of Topliss-reactive ketones (excluding diaryl/α,β-unsaturated/α-hetero) is 1. The van der Waals surface area contributed by atoms with Gasteiger partial charge >= 0.3 is 0 Å². The molecule has 1 saturated carbocycles. The van der Waals surface area contributed by atoms with E-state index in [9.17, 15) is 9.59 Å². The maximum Gasteiger partial charge on any atom is 0.270 e. The smallest absolute Gasteiger partial charge is 0.270 e. The van der Waals surface area contributed by atoms with Crippen LogP contribution in [0, 0.1) is 0 Å². The SMILES string of the molecule is CC(=O)c1ccc(Nc2ccnc(C(=O)NC3CCCCCC3)c2)cc1. The molecule has 1 amide bonds. The van der Waals surface area contributed by atoms with Gasteiger partial charge in [-0.3, -0.25) is 14.6 Å². The summed E-state index contributed by atoms with van der Waals surface area (Å²) >= 11 is 0. The van der Waals surface area contributed by atoms with Gasteiger partial charge in [-0.1, -0.05) is 25.7 Å². The van der Waals surface area contributed by atoms with E-state index in [1.165, 1.54) is 25.7 Å². The molecule has 0 saturated heterocycles. The Morgan fingerprint density at radius 1 is 0.962 bits per heavy atom. The highest BCUT2D eigenvalue weighted by Crippen LogP contribution is 2.19. The maximum absolute atomic E-state index is 12.5. The number of rotatable bonds is 5. The number of anilines is 2. The van der Waals surface area contributed by atoms with E-state index in [0.29, 0.717) is 11.3 Å². The Morgan fingerprint density at radius 3 is 2.31 bits per heavy atom. The summed E-state index contributed by atoms with van der Waals surface area (Å²) in [5.74, 6) is -0.0783. The number of hydrogen-bond acceptors (Lipinski definition) is 4. The number of nitrogens with one attached hydrogen (secondary N) is 2. The van der Waals surface area contributed by atoms with Crippen molar-refractivity contribution in [1.29, 1.82) is 0 Å². The lowest BCUT2D eigenvalue weighted by molar-refractivity contribution is 0.0927. The number of pyridine rings is 1. The van der Waals surface area contributed by atoms with Gasteiger partial charge in [0.15, 0.2) is 5.78 Å². The molecule has 1 fully saturated rings. The third-order valence-corrected chi connectivity index (χ3v) is 4.76. The van der Waals surface area contributed by atoms with Crippen LogP contribution in [0.3, 0.4) is 0 Å². The summed E-state index contributed by atoms with van der Waals surface area (Å²) in [5, 5.41) is 6.37. The van der Waals surface area contributed by atoms with E-state index in [1.807, 2.05) is 18.2 Å². The molecule has 0 spiro atoms. The van der Waals surface area contributed by atoms with Crippen LogP contribution in [0.2, 0.25) is 0 Å². The number of hydrogen-bond donors (Lipinski definition) is 2. The predicted octanol–water partition coefficient (Wildman–Crippen LogP) is 4.48. The third kappa shape index (κ3) is 4.91. The summed E-state index contributed by atoms with van der Waals surface area (Å²) in [6.45, 7) is 1.55. The topological polar surface area (TPSA) is 71.1 Å². The summed E-state index contributed by atoms with van der Waals surface area (Å²) < 4.78 is 0. The van der Waals surface area contributed by atoms with E-state index in [-0.39, 0.29) is 17.7 Å². The van der Waals surface area contributed by atoms with Crippen molar-refractivity contribution in [1.82, 2.24) is 10.3 Å². The lowest BCUT2D eigenvalue weighted by Crippen LogP contribution is -2.34. The highest BCUT2D eigenvalue weighted by atomic mass is 16.2. The molecule has 0 unspecified atom stereocenters. The monoisotopic (exact) mass is 351 g/mol. The molecule has 0 radical (unpaired) electrons. The van der Waals surface area contributed by atoms with Crippen LogP contribution >= 0.6 is 0 Å². The first kappa shape index (κ1) is 18.1. The molecule has 1 heterocycles. The second-order valence-corrected chi connectivity index (χ2v) is 6.85. The molecule has 1 aromatic heterocycles. The van der Waals surface area contributed by atoms with Crippen LogP contribution in [0.5, 0.6) is 0 Å². The highest BCUT2D eigenvalue weighted by molar-refractivity contribution is 5.95. The van der Waals surface area contributed by atoms with Crippen molar-refractivity contribution >= 4 is 23.1 Å². The van der Waals surface area contributed by atoms with Crippen LogP contribution in [0.25, 0.3) is 0 Å². The summed E-state index contributed by atoms with van der Waals surface area (Å²) in [4.78, 5) is 28.1. The first-order chi connectivity index (χ1) is 12.6. The fourth-order valence-corrected chi connectivity index (χ4v) is 3.27. The van der Waals surface area contributed by atoms with Crippen molar-refractivity contribution in [2.75, 3.05) is 5.32 Å². The highest BCUT2D eigenvalue weighted by Gasteiger charge is 2.16. The fourth-order valence-electron chi connectivity index (χ4n) is 3.27. The summed E-state index contributed by atoms with van der Waals surface area (Å²) in [6, 6.07) is 11.1. The fraction of sp³-hybridized carbons (Fsp3) is 0.381. The Bertz CT molecular complexity index is 763. The minimum absolute atomic E-state index is 0.0398. The van der Waals surface area contributed by atoms with Crippen molar-refractivity contribution in [3.63, 3.8) is 0 Å². The first-order valence-corrected chi connectivity index (χ1v) is 9.27. The van der Waals surface area contributed by atoms with Crippen LogP contribution in [0.15, 0.2) is 42.6 Å². The zero-order chi connectivity index (χ0) is 18.4. The molecule has 2 N–H and O–H groups in total. The molecule has 5 nitrogen and oxygen atoms in total. The van der Waals surface area contributed by atoms with E-state index < -0.39 is 0 Å². The standard InChI is InChI=1S/C21H25N3O2/c1-15(25)16-8-10-18(11-9-16)23-19-12-13-22-20(14-19)21(26)24-17-6-4-2-3-5-7-17/h8-14,17H,2-7H2,1H3,(H,22,23)(H,24,26). The van der Waals surface area contributed by atoms with Gasteiger partial charge in [-0.2, -0.15) is 0 Å². The van der Waals surface area contributed by atoms with Gasteiger partial charge in [-0.05, 0) is 56.2 Å². The van der Waals surface area contributed by atoms with Gasteiger partial charge in [0.25, 0.3) is 5.91 Å². The van der Waals surface area contributed by atoms with Crippen molar-refractivity contribution in [2.45, 2.75) is 51.5 Å². The molecule has 3 rings (SSSR count). The van der Waals surface area contributed by atoms with Gasteiger partial charge < -0.3 is 10.6 Å². The Hall–Kier alpha value is -2.69. The van der Waals surface area contributed by atoms with E-state index in [0.717, 1.165) is 24.2 Å². The van der Waals surface area contributed by atoms with E-state index in [2.05, 4.69) is 15.6 Å². The number of amides is 1. The Kier molecular flexibility index (Phi) is 6.00. The summed E-state index contributed by atoms with van der Waals surface area (Å²) in [7, 11) is 0. The molecule has 0 bridgehead atoms.